The highest BCUT2D eigenvalue weighted by Crippen LogP contribution is 2.30. The first-order valence-electron chi connectivity index (χ1n) is 7.37. The zero-order valence-electron chi connectivity index (χ0n) is 13.6. The number of hydrogen-bond donors (Lipinski definition) is 0. The second kappa shape index (κ2) is 7.12. The molecule has 116 valence electrons. The van der Waals surface area contributed by atoms with Gasteiger partial charge in [-0.25, -0.2) is 4.79 Å². The molecule has 0 spiro atoms. The number of hydrogen-bond acceptors (Lipinski definition) is 3. The van der Waals surface area contributed by atoms with E-state index in [4.69, 9.17) is 9.47 Å². The van der Waals surface area contributed by atoms with E-state index >= 15 is 0 Å². The number of esters is 1. The van der Waals surface area contributed by atoms with Gasteiger partial charge < -0.3 is 9.47 Å². The van der Waals surface area contributed by atoms with E-state index in [1.165, 1.54) is 12.7 Å². The molecular formula is C19H22O3. The third kappa shape index (κ3) is 3.48. The molecule has 0 heterocycles. The second-order valence-electron chi connectivity index (χ2n) is 5.49. The molecule has 0 saturated carbocycles. The van der Waals surface area contributed by atoms with Gasteiger partial charge in [0.2, 0.25) is 0 Å². The summed E-state index contributed by atoms with van der Waals surface area (Å²) in [5.74, 6) is 0.588. The molecule has 0 aromatic heterocycles. The van der Waals surface area contributed by atoms with Crippen LogP contribution in [-0.2, 0) is 11.2 Å². The van der Waals surface area contributed by atoms with E-state index in [0.717, 1.165) is 17.5 Å². The van der Waals surface area contributed by atoms with Crippen LogP contribution in [-0.4, -0.2) is 20.2 Å². The SMILES string of the molecule is COC(=O)c1cc(OC)c(C)cc1C(C)Cc1ccccc1. The van der Waals surface area contributed by atoms with Gasteiger partial charge in [0.15, 0.2) is 0 Å². The monoisotopic (exact) mass is 298 g/mol. The van der Waals surface area contributed by atoms with E-state index in [9.17, 15) is 4.79 Å². The Morgan fingerprint density at radius 1 is 1.14 bits per heavy atom. The summed E-state index contributed by atoms with van der Waals surface area (Å²) in [4.78, 5) is 12.1. The van der Waals surface area contributed by atoms with Crippen molar-refractivity contribution in [1.82, 2.24) is 0 Å². The Morgan fingerprint density at radius 2 is 1.82 bits per heavy atom. The van der Waals surface area contributed by atoms with Gasteiger partial charge in [-0.1, -0.05) is 43.3 Å². The van der Waals surface area contributed by atoms with Crippen molar-refractivity contribution in [3.8, 4) is 5.75 Å². The van der Waals surface area contributed by atoms with Gasteiger partial charge in [-0.05, 0) is 42.0 Å². The summed E-state index contributed by atoms with van der Waals surface area (Å²) >= 11 is 0. The van der Waals surface area contributed by atoms with Gasteiger partial charge >= 0.3 is 5.97 Å². The van der Waals surface area contributed by atoms with E-state index < -0.39 is 0 Å². The van der Waals surface area contributed by atoms with Crippen LogP contribution < -0.4 is 4.74 Å². The zero-order valence-corrected chi connectivity index (χ0v) is 13.6. The fraction of sp³-hybridized carbons (Fsp3) is 0.316. The van der Waals surface area contributed by atoms with Gasteiger partial charge in [0, 0.05) is 0 Å². The van der Waals surface area contributed by atoms with E-state index in [0.29, 0.717) is 11.3 Å². The van der Waals surface area contributed by atoms with Crippen LogP contribution in [0.4, 0.5) is 0 Å². The maximum Gasteiger partial charge on any atom is 0.338 e. The summed E-state index contributed by atoms with van der Waals surface area (Å²) in [6.07, 6.45) is 0.872. The Hall–Kier alpha value is -2.29. The smallest absolute Gasteiger partial charge is 0.338 e. The van der Waals surface area contributed by atoms with Crippen LogP contribution in [0.5, 0.6) is 5.75 Å². The number of aryl methyl sites for hydroxylation is 1. The van der Waals surface area contributed by atoms with Crippen LogP contribution in [0.2, 0.25) is 0 Å². The van der Waals surface area contributed by atoms with Crippen molar-refractivity contribution >= 4 is 5.97 Å². The first-order valence-corrected chi connectivity index (χ1v) is 7.37. The number of rotatable bonds is 5. The van der Waals surface area contributed by atoms with Crippen molar-refractivity contribution < 1.29 is 14.3 Å². The molecule has 2 aromatic rings. The average Bonchev–Trinajstić information content (AvgIpc) is 2.54. The molecule has 0 radical (unpaired) electrons. The Bertz CT molecular complexity index is 647. The Balaban J connectivity index is 2.39. The standard InChI is InChI=1S/C19H22O3/c1-13(10-15-8-6-5-7-9-15)16-11-14(2)18(21-3)12-17(16)19(20)22-4/h5-9,11-13H,10H2,1-4H3. The van der Waals surface area contributed by atoms with Crippen LogP contribution in [0.1, 0.15) is 39.9 Å². The summed E-state index contributed by atoms with van der Waals surface area (Å²) in [6, 6.07) is 14.1. The Kier molecular flexibility index (Phi) is 5.21. The van der Waals surface area contributed by atoms with E-state index in [2.05, 4.69) is 19.1 Å². The Morgan fingerprint density at radius 3 is 2.41 bits per heavy atom. The third-order valence-corrected chi connectivity index (χ3v) is 3.89. The molecule has 0 bridgehead atoms. The third-order valence-electron chi connectivity index (χ3n) is 3.89. The fourth-order valence-electron chi connectivity index (χ4n) is 2.70. The molecule has 3 nitrogen and oxygen atoms in total. The maximum atomic E-state index is 12.1. The second-order valence-corrected chi connectivity index (χ2v) is 5.49. The van der Waals surface area contributed by atoms with Crippen LogP contribution in [0, 0.1) is 6.92 Å². The molecule has 0 aliphatic carbocycles. The van der Waals surface area contributed by atoms with E-state index in [1.807, 2.05) is 31.2 Å². The maximum absolute atomic E-state index is 12.1. The first-order chi connectivity index (χ1) is 10.6. The predicted molar refractivity (Wildman–Crippen MR) is 87.6 cm³/mol. The van der Waals surface area contributed by atoms with Crippen molar-refractivity contribution in [1.29, 1.82) is 0 Å². The molecule has 1 unspecified atom stereocenters. The quantitative estimate of drug-likeness (QED) is 0.778. The molecule has 2 aromatic carbocycles. The number of ether oxygens (including phenoxy) is 2. The molecule has 0 amide bonds. The summed E-state index contributed by atoms with van der Waals surface area (Å²) in [6.45, 7) is 4.11. The number of carbonyl (C=O) groups is 1. The number of methoxy groups -OCH3 is 2. The zero-order chi connectivity index (χ0) is 16.1. The molecule has 2 rings (SSSR count). The van der Waals surface area contributed by atoms with E-state index in [-0.39, 0.29) is 11.9 Å². The summed E-state index contributed by atoms with van der Waals surface area (Å²) < 4.78 is 10.2. The van der Waals surface area contributed by atoms with Crippen LogP contribution in [0.3, 0.4) is 0 Å². The minimum absolute atomic E-state index is 0.209. The van der Waals surface area contributed by atoms with Gasteiger partial charge in [0.05, 0.1) is 19.8 Å². The minimum Gasteiger partial charge on any atom is -0.496 e. The highest BCUT2D eigenvalue weighted by atomic mass is 16.5. The molecule has 3 heteroatoms. The van der Waals surface area contributed by atoms with Gasteiger partial charge in [0.1, 0.15) is 5.75 Å². The topological polar surface area (TPSA) is 35.5 Å². The molecule has 1 atom stereocenters. The average molecular weight is 298 g/mol. The van der Waals surface area contributed by atoms with Gasteiger partial charge in [-0.15, -0.1) is 0 Å². The van der Waals surface area contributed by atoms with Crippen LogP contribution >= 0.6 is 0 Å². The van der Waals surface area contributed by atoms with Crippen molar-refractivity contribution in [2.75, 3.05) is 14.2 Å². The summed E-state index contributed by atoms with van der Waals surface area (Å²) in [7, 11) is 3.01. The summed E-state index contributed by atoms with van der Waals surface area (Å²) in [5.41, 5.74) is 3.84. The van der Waals surface area contributed by atoms with Gasteiger partial charge in [-0.3, -0.25) is 0 Å². The highest BCUT2D eigenvalue weighted by molar-refractivity contribution is 5.92. The largest absolute Gasteiger partial charge is 0.496 e. The lowest BCUT2D eigenvalue weighted by Gasteiger charge is -2.18. The normalized spacial score (nSPS) is 11.8. The molecule has 0 aliphatic rings. The molecule has 0 aliphatic heterocycles. The van der Waals surface area contributed by atoms with Crippen molar-refractivity contribution in [3.63, 3.8) is 0 Å². The van der Waals surface area contributed by atoms with Gasteiger partial charge in [-0.2, -0.15) is 0 Å². The lowest BCUT2D eigenvalue weighted by Crippen LogP contribution is -2.10. The van der Waals surface area contributed by atoms with Crippen molar-refractivity contribution in [2.45, 2.75) is 26.2 Å². The highest BCUT2D eigenvalue weighted by Gasteiger charge is 2.19. The predicted octanol–water partition coefficient (Wildman–Crippen LogP) is 4.14. The molecule has 0 saturated heterocycles. The summed E-state index contributed by atoms with van der Waals surface area (Å²) in [5, 5.41) is 0. The number of benzene rings is 2. The van der Waals surface area contributed by atoms with Crippen LogP contribution in [0.15, 0.2) is 42.5 Å². The minimum atomic E-state index is -0.326. The Labute approximate surface area is 131 Å². The lowest BCUT2D eigenvalue weighted by atomic mass is 9.89. The molecular weight excluding hydrogens is 276 g/mol. The first kappa shape index (κ1) is 16.1. The van der Waals surface area contributed by atoms with Crippen LogP contribution in [0.25, 0.3) is 0 Å². The number of carbonyl (C=O) groups excluding carboxylic acids is 1. The van der Waals surface area contributed by atoms with Crippen molar-refractivity contribution in [2.24, 2.45) is 0 Å². The molecule has 22 heavy (non-hydrogen) atoms. The van der Waals surface area contributed by atoms with Crippen molar-refractivity contribution in [3.05, 3.63) is 64.7 Å². The lowest BCUT2D eigenvalue weighted by molar-refractivity contribution is 0.0598. The van der Waals surface area contributed by atoms with Gasteiger partial charge in [0.25, 0.3) is 0 Å². The van der Waals surface area contributed by atoms with E-state index in [1.54, 1.807) is 13.2 Å². The molecule has 0 fully saturated rings. The fourth-order valence-corrected chi connectivity index (χ4v) is 2.70. The molecule has 0 N–H and O–H groups in total.